The van der Waals surface area contributed by atoms with Crippen LogP contribution in [0.25, 0.3) is 0 Å². The Morgan fingerprint density at radius 2 is 1.21 bits per heavy atom. The van der Waals surface area contributed by atoms with Crippen molar-refractivity contribution in [3.63, 3.8) is 0 Å². The standard InChI is InChI=1S/C51H91N5O7/c1-14-16-17-18-21-61-32(7)46-30(5)38-23-37-29(4)34(19-20-43(58)56(26-44(59)62-50(8,9)10)27-45(60)63-51(11,12)13)48(54-37)35-22-42(57)47-31(6)39(55-49(35)47)24-40-33(15-2)28(3)36(52-40)25-41(46)53-38/h28-42,46-49,52-55,57H,14-27H2,1-13H3. The number of hydrogen-bond acceptors (Lipinski definition) is 11. The zero-order valence-electron chi connectivity index (χ0n) is 41.7. The molecule has 6 aliphatic rings. The number of unbranched alkanes of at least 4 members (excludes halogenated alkanes) is 3. The van der Waals surface area contributed by atoms with Crippen LogP contribution in [0.15, 0.2) is 0 Å². The molecule has 5 saturated heterocycles. The number of amides is 1. The van der Waals surface area contributed by atoms with Crippen molar-refractivity contribution in [2.45, 2.75) is 232 Å². The van der Waals surface area contributed by atoms with Crippen LogP contribution < -0.4 is 21.3 Å². The minimum atomic E-state index is -0.728. The van der Waals surface area contributed by atoms with Crippen LogP contribution in [0.4, 0.5) is 0 Å². The van der Waals surface area contributed by atoms with Crippen molar-refractivity contribution in [2.75, 3.05) is 19.7 Å². The zero-order chi connectivity index (χ0) is 46.1. The fourth-order valence-electron chi connectivity index (χ4n) is 14.0. The molecule has 19 atom stereocenters. The molecule has 8 bridgehead atoms. The van der Waals surface area contributed by atoms with Crippen molar-refractivity contribution < 1.29 is 33.7 Å². The predicted molar refractivity (Wildman–Crippen MR) is 249 cm³/mol. The molecule has 5 heterocycles. The smallest absolute Gasteiger partial charge is 0.326 e. The number of aliphatic hydroxyl groups excluding tert-OH is 1. The lowest BCUT2D eigenvalue weighted by atomic mass is 9.76. The van der Waals surface area contributed by atoms with Gasteiger partial charge >= 0.3 is 11.9 Å². The quantitative estimate of drug-likeness (QED) is 0.0894. The minimum absolute atomic E-state index is 0.102. The molecule has 0 spiro atoms. The molecule has 19 unspecified atom stereocenters. The molecule has 0 aromatic rings. The van der Waals surface area contributed by atoms with Gasteiger partial charge < -0.3 is 45.5 Å². The Kier molecular flexibility index (Phi) is 16.9. The van der Waals surface area contributed by atoms with Gasteiger partial charge in [-0.15, -0.1) is 0 Å². The fourth-order valence-corrected chi connectivity index (χ4v) is 14.0. The molecule has 0 aromatic carbocycles. The second-order valence-electron chi connectivity index (χ2n) is 23.5. The first-order valence-electron chi connectivity index (χ1n) is 25.7. The van der Waals surface area contributed by atoms with Gasteiger partial charge in [0.25, 0.3) is 0 Å². The number of rotatable bonds is 15. The van der Waals surface area contributed by atoms with E-state index in [0.717, 1.165) is 45.1 Å². The highest BCUT2D eigenvalue weighted by Crippen LogP contribution is 2.51. The average Bonchev–Trinajstić information content (AvgIpc) is 3.94. The SMILES string of the molecule is CCCCCCOC(C)C1C2CC3NC(CC4NC5C(CC(O)C5C4C)C4NC(CC(N2)C1C)C(C)C4CCC(=O)N(CC(=O)OC(C)(C)C)CC(=O)OC(C)(C)C)C(CC)C3C. The Balaban J connectivity index is 1.28. The maximum Gasteiger partial charge on any atom is 0.326 e. The number of aliphatic hydroxyl groups is 1. The third kappa shape index (κ3) is 12.0. The fraction of sp³-hybridized carbons (Fsp3) is 0.941. The van der Waals surface area contributed by atoms with E-state index in [-0.39, 0.29) is 79.4 Å². The van der Waals surface area contributed by atoms with Crippen molar-refractivity contribution in [3.05, 3.63) is 0 Å². The van der Waals surface area contributed by atoms with Gasteiger partial charge in [-0.25, -0.2) is 0 Å². The van der Waals surface area contributed by atoms with E-state index in [2.05, 4.69) is 69.7 Å². The zero-order valence-corrected chi connectivity index (χ0v) is 41.7. The Labute approximate surface area is 382 Å². The van der Waals surface area contributed by atoms with Crippen LogP contribution in [0, 0.1) is 53.3 Å². The van der Waals surface area contributed by atoms with E-state index in [9.17, 15) is 19.5 Å². The number of nitrogens with one attached hydrogen (secondary N) is 4. The number of fused-ring (bicyclic) bond motifs is 8. The van der Waals surface area contributed by atoms with E-state index in [1.54, 1.807) is 41.5 Å². The van der Waals surface area contributed by atoms with E-state index in [1.165, 1.54) is 24.2 Å². The summed E-state index contributed by atoms with van der Waals surface area (Å²) in [4.78, 5) is 41.8. The van der Waals surface area contributed by atoms with Crippen LogP contribution in [0.1, 0.15) is 161 Å². The molecule has 1 amide bonds. The Bertz CT molecular complexity index is 1500. The summed E-state index contributed by atoms with van der Waals surface area (Å²) in [7, 11) is 0. The van der Waals surface area contributed by atoms with Crippen LogP contribution in [0.5, 0.6) is 0 Å². The molecule has 362 valence electrons. The Morgan fingerprint density at radius 3 is 1.83 bits per heavy atom. The van der Waals surface area contributed by atoms with Gasteiger partial charge in [0.05, 0.1) is 12.2 Å². The van der Waals surface area contributed by atoms with E-state index in [4.69, 9.17) is 14.2 Å². The van der Waals surface area contributed by atoms with Crippen LogP contribution in [-0.4, -0.2) is 119 Å². The lowest BCUT2D eigenvalue weighted by Crippen LogP contribution is -2.49. The van der Waals surface area contributed by atoms with Crippen LogP contribution >= 0.6 is 0 Å². The Hall–Kier alpha value is -1.83. The van der Waals surface area contributed by atoms with E-state index >= 15 is 0 Å². The van der Waals surface area contributed by atoms with Crippen LogP contribution in [0.2, 0.25) is 0 Å². The topological polar surface area (TPSA) is 150 Å². The van der Waals surface area contributed by atoms with Gasteiger partial charge in [-0.1, -0.05) is 67.2 Å². The molecule has 0 aromatic heterocycles. The number of carbonyl (C=O) groups is 3. The van der Waals surface area contributed by atoms with Crippen molar-refractivity contribution >= 4 is 17.8 Å². The van der Waals surface area contributed by atoms with Crippen molar-refractivity contribution in [1.82, 2.24) is 26.2 Å². The third-order valence-electron chi connectivity index (χ3n) is 17.0. The van der Waals surface area contributed by atoms with Crippen molar-refractivity contribution in [1.29, 1.82) is 0 Å². The molecule has 6 rings (SSSR count). The monoisotopic (exact) mass is 886 g/mol. The molecular weight excluding hydrogens is 795 g/mol. The van der Waals surface area contributed by atoms with E-state index in [0.29, 0.717) is 66.2 Å². The van der Waals surface area contributed by atoms with Crippen molar-refractivity contribution in [2.24, 2.45) is 53.3 Å². The van der Waals surface area contributed by atoms with Crippen LogP contribution in [-0.2, 0) is 28.6 Å². The summed E-state index contributed by atoms with van der Waals surface area (Å²) >= 11 is 0. The largest absolute Gasteiger partial charge is 0.459 e. The van der Waals surface area contributed by atoms with Gasteiger partial charge in [-0.3, -0.25) is 14.4 Å². The number of carbonyl (C=O) groups excluding carboxylic acids is 3. The normalized spacial score (nSPS) is 40.5. The number of esters is 2. The summed E-state index contributed by atoms with van der Waals surface area (Å²) in [6, 6.07) is 2.34. The summed E-state index contributed by atoms with van der Waals surface area (Å²) in [5.41, 5.74) is -1.46. The number of nitrogens with zero attached hydrogens (tertiary/aromatic N) is 1. The first-order chi connectivity index (χ1) is 29.6. The van der Waals surface area contributed by atoms with Gasteiger partial charge in [0.2, 0.25) is 5.91 Å². The van der Waals surface area contributed by atoms with Gasteiger partial charge in [0, 0.05) is 73.2 Å². The van der Waals surface area contributed by atoms with Gasteiger partial charge in [-0.05, 0) is 128 Å². The minimum Gasteiger partial charge on any atom is -0.459 e. The molecular formula is C51H91N5O7. The number of hydrogen-bond donors (Lipinski definition) is 5. The summed E-state index contributed by atoms with van der Waals surface area (Å²) in [6.07, 6.45) is 10.4. The maximum absolute atomic E-state index is 14.3. The van der Waals surface area contributed by atoms with Crippen molar-refractivity contribution in [3.8, 4) is 0 Å². The Morgan fingerprint density at radius 1 is 0.667 bits per heavy atom. The second kappa shape index (κ2) is 21.0. The van der Waals surface area contributed by atoms with Gasteiger partial charge in [0.1, 0.15) is 24.3 Å². The summed E-state index contributed by atoms with van der Waals surface area (Å²) in [6.45, 7) is 27.6. The first-order valence-corrected chi connectivity index (χ1v) is 25.7. The molecule has 5 aliphatic heterocycles. The maximum atomic E-state index is 14.3. The summed E-state index contributed by atoms with van der Waals surface area (Å²) < 4.78 is 18.0. The lowest BCUT2D eigenvalue weighted by Gasteiger charge is -2.33. The molecule has 63 heavy (non-hydrogen) atoms. The molecule has 12 heteroatoms. The summed E-state index contributed by atoms with van der Waals surface area (Å²) in [5, 5.41) is 28.8. The molecule has 0 radical (unpaired) electrons. The molecule has 1 saturated carbocycles. The lowest BCUT2D eigenvalue weighted by molar-refractivity contribution is -0.164. The van der Waals surface area contributed by atoms with E-state index in [1.807, 2.05) is 0 Å². The predicted octanol–water partition coefficient (Wildman–Crippen LogP) is 6.61. The van der Waals surface area contributed by atoms with Gasteiger partial charge in [0.15, 0.2) is 0 Å². The second-order valence-corrected chi connectivity index (χ2v) is 23.5. The molecule has 12 nitrogen and oxygen atoms in total. The highest BCUT2D eigenvalue weighted by atomic mass is 16.6. The molecule has 5 N–H and O–H groups in total. The van der Waals surface area contributed by atoms with Crippen LogP contribution in [0.3, 0.4) is 0 Å². The average molecular weight is 886 g/mol. The highest BCUT2D eigenvalue weighted by molar-refractivity contribution is 5.86. The van der Waals surface area contributed by atoms with E-state index < -0.39 is 23.1 Å². The summed E-state index contributed by atoms with van der Waals surface area (Å²) in [5.74, 6) is 1.81. The number of ether oxygens (including phenoxy) is 3. The molecule has 6 fully saturated rings. The third-order valence-corrected chi connectivity index (χ3v) is 17.0. The highest BCUT2D eigenvalue weighted by Gasteiger charge is 2.59. The molecule has 1 aliphatic carbocycles. The first kappa shape index (κ1) is 50.6. The van der Waals surface area contributed by atoms with Gasteiger partial charge in [-0.2, -0.15) is 0 Å².